The maximum atomic E-state index is 11.5. The first-order chi connectivity index (χ1) is 14.2. The van der Waals surface area contributed by atoms with E-state index < -0.39 is 0 Å². The lowest BCUT2D eigenvalue weighted by molar-refractivity contribution is 0.0817. The second kappa shape index (κ2) is 7.84. The van der Waals surface area contributed by atoms with Crippen molar-refractivity contribution in [2.75, 3.05) is 26.2 Å². The number of benzene rings is 1. The molecule has 0 spiro atoms. The molecule has 4 heterocycles. The topological polar surface area (TPSA) is 68.3 Å². The molecule has 154 valence electrons. The molecule has 0 bridgehead atoms. The molecule has 29 heavy (non-hydrogen) atoms. The van der Waals surface area contributed by atoms with Gasteiger partial charge in [0.15, 0.2) is 0 Å². The Bertz CT molecular complexity index is 1020. The van der Waals surface area contributed by atoms with Gasteiger partial charge in [-0.15, -0.1) is 0 Å². The fourth-order valence-electron chi connectivity index (χ4n) is 5.11. The molecule has 0 unspecified atom stereocenters. The van der Waals surface area contributed by atoms with E-state index in [4.69, 9.17) is 4.42 Å². The number of fused-ring (bicyclic) bond motifs is 1. The fourth-order valence-corrected chi connectivity index (χ4v) is 5.11. The highest BCUT2D eigenvalue weighted by atomic mass is 16.3. The summed E-state index contributed by atoms with van der Waals surface area (Å²) in [4.78, 5) is 22.5. The van der Waals surface area contributed by atoms with Crippen LogP contribution in [0.4, 0.5) is 0 Å². The van der Waals surface area contributed by atoms with Crippen LogP contribution in [0.25, 0.3) is 11.0 Å². The second-order valence-electron chi connectivity index (χ2n) is 8.73. The predicted octanol–water partition coefficient (Wildman–Crippen LogP) is 3.60. The number of furan rings is 1. The Balaban J connectivity index is 1.14. The molecule has 2 aliphatic heterocycles. The molecular weight excluding hydrogens is 364 g/mol. The highest BCUT2D eigenvalue weighted by Gasteiger charge is 2.29. The van der Waals surface area contributed by atoms with Crippen LogP contribution in [0.2, 0.25) is 0 Å². The molecule has 0 radical (unpaired) electrons. The third-order valence-electron chi connectivity index (χ3n) is 6.95. The Morgan fingerprint density at radius 1 is 1.00 bits per heavy atom. The molecule has 3 aromatic rings. The van der Waals surface area contributed by atoms with Gasteiger partial charge in [0, 0.05) is 19.1 Å². The third kappa shape index (κ3) is 3.91. The number of aromatic amines is 2. The van der Waals surface area contributed by atoms with Crippen LogP contribution in [0.5, 0.6) is 0 Å². The summed E-state index contributed by atoms with van der Waals surface area (Å²) in [7, 11) is 0. The van der Waals surface area contributed by atoms with Gasteiger partial charge in [0.2, 0.25) is 0 Å². The Kier molecular flexibility index (Phi) is 5.06. The molecule has 0 saturated carbocycles. The van der Waals surface area contributed by atoms with Crippen LogP contribution in [0, 0.1) is 6.92 Å². The van der Waals surface area contributed by atoms with Crippen LogP contribution in [0.15, 0.2) is 39.7 Å². The van der Waals surface area contributed by atoms with Crippen molar-refractivity contribution in [1.82, 2.24) is 19.8 Å². The van der Waals surface area contributed by atoms with E-state index in [1.54, 1.807) is 6.26 Å². The number of rotatable bonds is 4. The molecule has 0 aliphatic carbocycles. The van der Waals surface area contributed by atoms with Crippen molar-refractivity contribution in [3.05, 3.63) is 57.9 Å². The van der Waals surface area contributed by atoms with E-state index in [0.717, 1.165) is 36.4 Å². The van der Waals surface area contributed by atoms with Gasteiger partial charge < -0.3 is 19.3 Å². The lowest BCUT2D eigenvalue weighted by Gasteiger charge is -2.41. The van der Waals surface area contributed by atoms with Crippen molar-refractivity contribution in [1.29, 1.82) is 0 Å². The summed E-state index contributed by atoms with van der Waals surface area (Å²) in [6.45, 7) is 7.73. The van der Waals surface area contributed by atoms with Gasteiger partial charge in [-0.2, -0.15) is 0 Å². The Labute approximate surface area is 170 Å². The summed E-state index contributed by atoms with van der Waals surface area (Å²) in [5.41, 5.74) is 4.31. The van der Waals surface area contributed by atoms with Gasteiger partial charge in [-0.1, -0.05) is 6.07 Å². The van der Waals surface area contributed by atoms with Gasteiger partial charge in [-0.05, 0) is 80.9 Å². The number of nitrogens with zero attached hydrogens (tertiary/aromatic N) is 2. The lowest BCUT2D eigenvalue weighted by Crippen LogP contribution is -2.47. The average molecular weight is 395 g/mol. The molecule has 6 heteroatoms. The molecule has 0 atom stereocenters. The minimum atomic E-state index is -0.125. The summed E-state index contributed by atoms with van der Waals surface area (Å²) < 4.78 is 5.62. The third-order valence-corrected chi connectivity index (χ3v) is 6.95. The standard InChI is InChI=1S/C23H30N4O2/c1-16-8-13-29-22(16)15-26-9-6-19(7-10-26)27-11-4-17(5-12-27)18-2-3-20-21(14-18)25-23(28)24-20/h2-3,8,13-14,17,19H,4-7,9-12,15H2,1H3,(H2,24,25,28). The number of imidazole rings is 1. The van der Waals surface area contributed by atoms with Gasteiger partial charge in [0.05, 0.1) is 23.8 Å². The number of aromatic nitrogens is 2. The summed E-state index contributed by atoms with van der Waals surface area (Å²) in [5, 5.41) is 0. The van der Waals surface area contributed by atoms with Crippen molar-refractivity contribution >= 4 is 11.0 Å². The Hall–Kier alpha value is -2.31. The van der Waals surface area contributed by atoms with Gasteiger partial charge in [-0.25, -0.2) is 4.79 Å². The number of H-pyrrole nitrogens is 2. The molecule has 2 N–H and O–H groups in total. The first kappa shape index (κ1) is 18.7. The first-order valence-corrected chi connectivity index (χ1v) is 10.9. The van der Waals surface area contributed by atoms with Gasteiger partial charge in [0.1, 0.15) is 5.76 Å². The molecule has 6 nitrogen and oxygen atoms in total. The maximum absolute atomic E-state index is 11.5. The number of piperidine rings is 2. The molecule has 2 fully saturated rings. The average Bonchev–Trinajstić information content (AvgIpc) is 3.32. The monoisotopic (exact) mass is 394 g/mol. The van der Waals surface area contributed by atoms with Gasteiger partial charge in [0.25, 0.3) is 0 Å². The van der Waals surface area contributed by atoms with Crippen molar-refractivity contribution in [3.8, 4) is 0 Å². The second-order valence-corrected chi connectivity index (χ2v) is 8.73. The highest BCUT2D eigenvalue weighted by Crippen LogP contribution is 2.31. The Morgan fingerprint density at radius 3 is 2.48 bits per heavy atom. The van der Waals surface area contributed by atoms with E-state index in [1.807, 2.05) is 6.07 Å². The van der Waals surface area contributed by atoms with Crippen LogP contribution >= 0.6 is 0 Å². The summed E-state index contributed by atoms with van der Waals surface area (Å²) >= 11 is 0. The normalized spacial score (nSPS) is 20.6. The molecule has 2 saturated heterocycles. The van der Waals surface area contributed by atoms with Gasteiger partial charge in [-0.3, -0.25) is 4.90 Å². The number of nitrogens with one attached hydrogen (secondary N) is 2. The van der Waals surface area contributed by atoms with Crippen LogP contribution in [-0.2, 0) is 6.54 Å². The van der Waals surface area contributed by atoms with Crippen molar-refractivity contribution in [3.63, 3.8) is 0 Å². The number of aryl methyl sites for hydroxylation is 1. The predicted molar refractivity (Wildman–Crippen MR) is 114 cm³/mol. The van der Waals surface area contributed by atoms with Crippen LogP contribution < -0.4 is 5.69 Å². The van der Waals surface area contributed by atoms with E-state index in [0.29, 0.717) is 12.0 Å². The lowest BCUT2D eigenvalue weighted by atomic mass is 9.88. The quantitative estimate of drug-likeness (QED) is 0.709. The molecular formula is C23H30N4O2. The van der Waals surface area contributed by atoms with E-state index >= 15 is 0 Å². The molecule has 2 aliphatic rings. The van der Waals surface area contributed by atoms with Crippen LogP contribution in [0.1, 0.15) is 48.5 Å². The molecule has 2 aromatic heterocycles. The van der Waals surface area contributed by atoms with E-state index in [1.165, 1.54) is 49.9 Å². The SMILES string of the molecule is Cc1ccoc1CN1CCC(N2CCC(c3ccc4[nH]c(=O)[nH]c4c3)CC2)CC1. The number of hydrogen-bond acceptors (Lipinski definition) is 4. The summed E-state index contributed by atoms with van der Waals surface area (Å²) in [6.07, 6.45) is 6.70. The number of likely N-dealkylation sites (tertiary alicyclic amines) is 2. The van der Waals surface area contributed by atoms with E-state index in [9.17, 15) is 4.79 Å². The zero-order valence-corrected chi connectivity index (χ0v) is 17.1. The number of hydrogen-bond donors (Lipinski definition) is 2. The zero-order chi connectivity index (χ0) is 19.8. The first-order valence-electron chi connectivity index (χ1n) is 10.9. The van der Waals surface area contributed by atoms with E-state index in [-0.39, 0.29) is 5.69 Å². The zero-order valence-electron chi connectivity index (χ0n) is 17.1. The molecule has 0 amide bonds. The van der Waals surface area contributed by atoms with E-state index in [2.05, 4.69) is 44.9 Å². The Morgan fingerprint density at radius 2 is 1.76 bits per heavy atom. The highest BCUT2D eigenvalue weighted by molar-refractivity contribution is 5.75. The fraction of sp³-hybridized carbons (Fsp3) is 0.522. The largest absolute Gasteiger partial charge is 0.468 e. The van der Waals surface area contributed by atoms with Crippen molar-refractivity contribution in [2.24, 2.45) is 0 Å². The maximum Gasteiger partial charge on any atom is 0.323 e. The van der Waals surface area contributed by atoms with Crippen LogP contribution in [-0.4, -0.2) is 52.0 Å². The summed E-state index contributed by atoms with van der Waals surface area (Å²) in [6, 6.07) is 9.14. The van der Waals surface area contributed by atoms with Crippen molar-refractivity contribution < 1.29 is 4.42 Å². The van der Waals surface area contributed by atoms with Gasteiger partial charge >= 0.3 is 5.69 Å². The smallest absolute Gasteiger partial charge is 0.323 e. The minimum absolute atomic E-state index is 0.125. The summed E-state index contributed by atoms with van der Waals surface area (Å²) in [5.74, 6) is 1.71. The van der Waals surface area contributed by atoms with Crippen molar-refractivity contribution in [2.45, 2.75) is 51.1 Å². The minimum Gasteiger partial charge on any atom is -0.468 e. The molecule has 1 aromatic carbocycles. The molecule has 5 rings (SSSR count). The van der Waals surface area contributed by atoms with Crippen LogP contribution in [0.3, 0.4) is 0 Å².